The lowest BCUT2D eigenvalue weighted by molar-refractivity contribution is -0.120. The smallest absolute Gasteiger partial charge is 0.251 e. The van der Waals surface area contributed by atoms with Gasteiger partial charge in [-0.3, -0.25) is 9.59 Å². The molecule has 2 amide bonds. The Labute approximate surface area is 152 Å². The molecule has 1 atom stereocenters. The van der Waals surface area contributed by atoms with E-state index in [4.69, 9.17) is 16.3 Å². The quantitative estimate of drug-likeness (QED) is 0.795. The first-order valence-electron chi connectivity index (χ1n) is 8.05. The highest BCUT2D eigenvalue weighted by Crippen LogP contribution is 2.17. The number of amides is 2. The van der Waals surface area contributed by atoms with E-state index < -0.39 is 0 Å². The number of hydrogen-bond donors (Lipinski definition) is 2. The number of halogens is 1. The highest BCUT2D eigenvalue weighted by Gasteiger charge is 2.12. The lowest BCUT2D eigenvalue weighted by Crippen LogP contribution is -2.38. The van der Waals surface area contributed by atoms with Crippen molar-refractivity contribution in [2.75, 3.05) is 13.2 Å². The molecule has 2 rings (SSSR count). The summed E-state index contributed by atoms with van der Waals surface area (Å²) < 4.78 is 5.33. The van der Waals surface area contributed by atoms with Crippen LogP contribution in [0.2, 0.25) is 5.02 Å². The molecule has 0 saturated heterocycles. The summed E-state index contributed by atoms with van der Waals surface area (Å²) >= 11 is 5.95. The van der Waals surface area contributed by atoms with Crippen molar-refractivity contribution >= 4 is 23.4 Å². The Hall–Kier alpha value is -2.53. The molecular formula is C19H21ClN2O3. The standard InChI is InChI=1S/C19H21ClN2O3/c1-3-25-17-9-7-14(8-10-17)19(24)21-12-18(23)22-13(2)15-5-4-6-16(20)11-15/h4-11,13H,3,12H2,1-2H3,(H,21,24)(H,22,23). The third-order valence-electron chi connectivity index (χ3n) is 3.56. The van der Waals surface area contributed by atoms with E-state index in [2.05, 4.69) is 10.6 Å². The fourth-order valence-electron chi connectivity index (χ4n) is 2.28. The lowest BCUT2D eigenvalue weighted by Gasteiger charge is -2.15. The van der Waals surface area contributed by atoms with Crippen LogP contribution < -0.4 is 15.4 Å². The monoisotopic (exact) mass is 360 g/mol. The van der Waals surface area contributed by atoms with Crippen molar-refractivity contribution in [3.63, 3.8) is 0 Å². The van der Waals surface area contributed by atoms with Crippen molar-refractivity contribution < 1.29 is 14.3 Å². The molecule has 0 bridgehead atoms. The van der Waals surface area contributed by atoms with Gasteiger partial charge in [0.2, 0.25) is 5.91 Å². The summed E-state index contributed by atoms with van der Waals surface area (Å²) in [5.41, 5.74) is 1.37. The molecule has 25 heavy (non-hydrogen) atoms. The molecule has 2 aromatic carbocycles. The molecule has 0 aliphatic carbocycles. The molecule has 0 fully saturated rings. The third kappa shape index (κ3) is 5.80. The Morgan fingerprint density at radius 2 is 1.88 bits per heavy atom. The molecule has 1 unspecified atom stereocenters. The summed E-state index contributed by atoms with van der Waals surface area (Å²) in [5.74, 6) is 0.118. The maximum absolute atomic E-state index is 12.1. The van der Waals surface area contributed by atoms with E-state index in [1.165, 1.54) is 0 Å². The molecule has 5 nitrogen and oxygen atoms in total. The maximum Gasteiger partial charge on any atom is 0.251 e. The van der Waals surface area contributed by atoms with Gasteiger partial charge in [-0.15, -0.1) is 0 Å². The van der Waals surface area contributed by atoms with Crippen LogP contribution >= 0.6 is 11.6 Å². The number of nitrogens with one attached hydrogen (secondary N) is 2. The second-order valence-electron chi connectivity index (χ2n) is 5.48. The van der Waals surface area contributed by atoms with Gasteiger partial charge in [0.1, 0.15) is 5.75 Å². The van der Waals surface area contributed by atoms with Crippen molar-refractivity contribution in [1.29, 1.82) is 0 Å². The minimum absolute atomic E-state index is 0.100. The lowest BCUT2D eigenvalue weighted by atomic mass is 10.1. The molecule has 0 aliphatic rings. The molecule has 0 radical (unpaired) electrons. The van der Waals surface area contributed by atoms with E-state index in [0.717, 1.165) is 5.56 Å². The molecule has 0 saturated carbocycles. The van der Waals surface area contributed by atoms with E-state index in [-0.39, 0.29) is 24.4 Å². The van der Waals surface area contributed by atoms with Crippen LogP contribution in [0.3, 0.4) is 0 Å². The van der Waals surface area contributed by atoms with Crippen LogP contribution in [0.4, 0.5) is 0 Å². The SMILES string of the molecule is CCOc1ccc(C(=O)NCC(=O)NC(C)c2cccc(Cl)c2)cc1. The Bertz CT molecular complexity index is 732. The van der Waals surface area contributed by atoms with E-state index in [0.29, 0.717) is 22.9 Å². The maximum atomic E-state index is 12.1. The number of benzene rings is 2. The number of carbonyl (C=O) groups excluding carboxylic acids is 2. The second kappa shape index (κ2) is 9.08. The van der Waals surface area contributed by atoms with E-state index in [1.807, 2.05) is 26.0 Å². The predicted molar refractivity (Wildman–Crippen MR) is 98.0 cm³/mol. The Morgan fingerprint density at radius 1 is 1.16 bits per heavy atom. The Morgan fingerprint density at radius 3 is 2.52 bits per heavy atom. The summed E-state index contributed by atoms with van der Waals surface area (Å²) in [6.07, 6.45) is 0. The van der Waals surface area contributed by atoms with Gasteiger partial charge in [-0.2, -0.15) is 0 Å². The minimum Gasteiger partial charge on any atom is -0.494 e. The van der Waals surface area contributed by atoms with Crippen LogP contribution in [0.5, 0.6) is 5.75 Å². The van der Waals surface area contributed by atoms with Crippen molar-refractivity contribution in [3.8, 4) is 5.75 Å². The summed E-state index contributed by atoms with van der Waals surface area (Å²) in [4.78, 5) is 24.1. The van der Waals surface area contributed by atoms with Crippen LogP contribution in [0.25, 0.3) is 0 Å². The van der Waals surface area contributed by atoms with Crippen LogP contribution in [0.15, 0.2) is 48.5 Å². The zero-order valence-corrected chi connectivity index (χ0v) is 15.0. The molecule has 0 heterocycles. The average molecular weight is 361 g/mol. The van der Waals surface area contributed by atoms with Gasteiger partial charge in [-0.1, -0.05) is 23.7 Å². The predicted octanol–water partition coefficient (Wildman–Crippen LogP) is 3.35. The first kappa shape index (κ1) is 18.8. The molecule has 0 aromatic heterocycles. The normalized spacial score (nSPS) is 11.5. The van der Waals surface area contributed by atoms with Crippen molar-refractivity contribution in [2.24, 2.45) is 0 Å². The van der Waals surface area contributed by atoms with E-state index in [1.54, 1.807) is 36.4 Å². The van der Waals surface area contributed by atoms with Crippen molar-refractivity contribution in [3.05, 3.63) is 64.7 Å². The van der Waals surface area contributed by atoms with Gasteiger partial charge in [0, 0.05) is 10.6 Å². The van der Waals surface area contributed by atoms with E-state index >= 15 is 0 Å². The second-order valence-corrected chi connectivity index (χ2v) is 5.92. The molecule has 0 spiro atoms. The highest BCUT2D eigenvalue weighted by molar-refractivity contribution is 6.30. The van der Waals surface area contributed by atoms with Gasteiger partial charge in [0.05, 0.1) is 19.2 Å². The first-order chi connectivity index (χ1) is 12.0. The molecule has 6 heteroatoms. The third-order valence-corrected chi connectivity index (χ3v) is 3.80. The Balaban J connectivity index is 1.83. The number of carbonyl (C=O) groups is 2. The molecule has 2 aromatic rings. The summed E-state index contributed by atoms with van der Waals surface area (Å²) in [7, 11) is 0. The fourth-order valence-corrected chi connectivity index (χ4v) is 2.48. The number of ether oxygens (including phenoxy) is 1. The van der Waals surface area contributed by atoms with Gasteiger partial charge in [-0.25, -0.2) is 0 Å². The Kier molecular flexibility index (Phi) is 6.83. The molecule has 2 N–H and O–H groups in total. The average Bonchev–Trinajstić information content (AvgIpc) is 2.60. The van der Waals surface area contributed by atoms with Gasteiger partial charge in [-0.05, 0) is 55.8 Å². The van der Waals surface area contributed by atoms with Crippen LogP contribution in [-0.2, 0) is 4.79 Å². The zero-order valence-electron chi connectivity index (χ0n) is 14.2. The highest BCUT2D eigenvalue weighted by atomic mass is 35.5. The van der Waals surface area contributed by atoms with Gasteiger partial charge in [0.15, 0.2) is 0 Å². The first-order valence-corrected chi connectivity index (χ1v) is 8.43. The van der Waals surface area contributed by atoms with Gasteiger partial charge < -0.3 is 15.4 Å². The van der Waals surface area contributed by atoms with Crippen molar-refractivity contribution in [1.82, 2.24) is 10.6 Å². The largest absolute Gasteiger partial charge is 0.494 e. The zero-order chi connectivity index (χ0) is 18.2. The van der Waals surface area contributed by atoms with E-state index in [9.17, 15) is 9.59 Å². The van der Waals surface area contributed by atoms with Crippen molar-refractivity contribution in [2.45, 2.75) is 19.9 Å². The van der Waals surface area contributed by atoms with Crippen LogP contribution in [0, 0.1) is 0 Å². The summed E-state index contributed by atoms with van der Waals surface area (Å²) in [5, 5.41) is 6.04. The fraction of sp³-hybridized carbons (Fsp3) is 0.263. The van der Waals surface area contributed by atoms with Gasteiger partial charge >= 0.3 is 0 Å². The number of hydrogen-bond acceptors (Lipinski definition) is 3. The molecular weight excluding hydrogens is 340 g/mol. The minimum atomic E-state index is -0.311. The summed E-state index contributed by atoms with van der Waals surface area (Å²) in [6, 6.07) is 13.8. The topological polar surface area (TPSA) is 67.4 Å². The number of rotatable bonds is 7. The van der Waals surface area contributed by atoms with Crippen LogP contribution in [-0.4, -0.2) is 25.0 Å². The van der Waals surface area contributed by atoms with Crippen LogP contribution in [0.1, 0.15) is 35.8 Å². The molecule has 0 aliphatic heterocycles. The van der Waals surface area contributed by atoms with Gasteiger partial charge in [0.25, 0.3) is 5.91 Å². The summed E-state index contributed by atoms with van der Waals surface area (Å²) in [6.45, 7) is 4.22. The molecule has 132 valence electrons.